The van der Waals surface area contributed by atoms with Gasteiger partial charge >= 0.3 is 11.4 Å². The second kappa shape index (κ2) is 5.78. The first-order chi connectivity index (χ1) is 9.54. The topological polar surface area (TPSA) is 120 Å². The van der Waals surface area contributed by atoms with Crippen LogP contribution in [0, 0.1) is 10.1 Å². The molecule has 0 unspecified atom stereocenters. The monoisotopic (exact) mass is 295 g/mol. The molecule has 0 amide bonds. The van der Waals surface area contributed by atoms with E-state index in [0.717, 1.165) is 18.2 Å². The number of nitrogens with one attached hydrogen (secondary N) is 1. The Kier molecular flexibility index (Phi) is 4.08. The highest BCUT2D eigenvalue weighted by Crippen LogP contribution is 2.36. The summed E-state index contributed by atoms with van der Waals surface area (Å²) < 4.78 is 1.44. The number of nitro groups is 1. The Morgan fingerprint density at radius 3 is 2.95 bits per heavy atom. The summed E-state index contributed by atoms with van der Waals surface area (Å²) in [6.45, 7) is 2.42. The number of aromatic amines is 1. The maximum absolute atomic E-state index is 11.6. The van der Waals surface area contributed by atoms with Gasteiger partial charge in [0.2, 0.25) is 0 Å². The van der Waals surface area contributed by atoms with Crippen molar-refractivity contribution < 1.29 is 4.92 Å². The van der Waals surface area contributed by atoms with Crippen LogP contribution >= 0.6 is 11.8 Å². The second-order valence-electron chi connectivity index (χ2n) is 4.02. The number of nitro benzene ring substituents is 1. The van der Waals surface area contributed by atoms with Gasteiger partial charge in [0.25, 0.3) is 0 Å². The molecule has 9 heteroatoms. The minimum atomic E-state index is -0.535. The number of aromatic nitrogens is 3. The summed E-state index contributed by atoms with van der Waals surface area (Å²) in [4.78, 5) is 22.5. The molecule has 0 radical (unpaired) electrons. The third-order valence-corrected chi connectivity index (χ3v) is 3.63. The summed E-state index contributed by atoms with van der Waals surface area (Å²) in [5, 5.41) is 17.7. The van der Waals surface area contributed by atoms with Crippen LogP contribution in [-0.2, 0) is 6.54 Å². The lowest BCUT2D eigenvalue weighted by Crippen LogP contribution is -2.17. The molecule has 1 aromatic heterocycles. The molecule has 3 N–H and O–H groups in total. The second-order valence-corrected chi connectivity index (χ2v) is 5.03. The summed E-state index contributed by atoms with van der Waals surface area (Å²) >= 11 is 1.04. The first-order valence-electron chi connectivity index (χ1n) is 5.90. The van der Waals surface area contributed by atoms with E-state index in [0.29, 0.717) is 16.6 Å². The number of nitrogens with two attached hydrogens (primary N) is 1. The van der Waals surface area contributed by atoms with Crippen LogP contribution in [0.5, 0.6) is 0 Å². The van der Waals surface area contributed by atoms with Crippen molar-refractivity contribution in [3.05, 3.63) is 38.8 Å². The van der Waals surface area contributed by atoms with E-state index in [2.05, 4.69) is 10.2 Å². The van der Waals surface area contributed by atoms with Gasteiger partial charge in [-0.2, -0.15) is 0 Å². The number of anilines is 1. The maximum Gasteiger partial charge on any atom is 0.343 e. The summed E-state index contributed by atoms with van der Waals surface area (Å²) in [6.07, 6.45) is 0.756. The summed E-state index contributed by atoms with van der Waals surface area (Å²) in [5.74, 6) is 0. The molecule has 1 heterocycles. The molecule has 20 heavy (non-hydrogen) atoms. The summed E-state index contributed by atoms with van der Waals surface area (Å²) in [7, 11) is 0. The average molecular weight is 295 g/mol. The molecule has 0 aliphatic rings. The van der Waals surface area contributed by atoms with E-state index in [1.165, 1.54) is 10.6 Å². The highest BCUT2D eigenvalue weighted by atomic mass is 32.2. The van der Waals surface area contributed by atoms with E-state index in [-0.39, 0.29) is 17.1 Å². The van der Waals surface area contributed by atoms with Crippen LogP contribution < -0.4 is 11.4 Å². The van der Waals surface area contributed by atoms with Crippen LogP contribution in [0.15, 0.2) is 33.0 Å². The lowest BCUT2D eigenvalue weighted by atomic mass is 10.3. The minimum absolute atomic E-state index is 0.0833. The molecule has 2 rings (SSSR count). The maximum atomic E-state index is 11.6. The molecule has 0 aliphatic heterocycles. The molecule has 0 saturated carbocycles. The molecule has 1 aromatic carbocycles. The number of hydrogen-bond acceptors (Lipinski definition) is 6. The van der Waals surface area contributed by atoms with Crippen molar-refractivity contribution >= 4 is 23.1 Å². The lowest BCUT2D eigenvalue weighted by Gasteiger charge is -2.05. The highest BCUT2D eigenvalue weighted by Gasteiger charge is 2.21. The van der Waals surface area contributed by atoms with E-state index >= 15 is 0 Å². The van der Waals surface area contributed by atoms with Gasteiger partial charge in [-0.3, -0.25) is 14.7 Å². The van der Waals surface area contributed by atoms with Crippen molar-refractivity contribution in [1.82, 2.24) is 14.8 Å². The van der Waals surface area contributed by atoms with Gasteiger partial charge in [0, 0.05) is 6.54 Å². The molecule has 0 aliphatic carbocycles. The van der Waals surface area contributed by atoms with Gasteiger partial charge in [0.1, 0.15) is 5.69 Å². The Morgan fingerprint density at radius 2 is 2.30 bits per heavy atom. The molecule has 106 valence electrons. The zero-order chi connectivity index (χ0) is 14.7. The third kappa shape index (κ3) is 2.67. The van der Waals surface area contributed by atoms with Crippen molar-refractivity contribution in [3.8, 4) is 0 Å². The number of benzene rings is 1. The quantitative estimate of drug-likeness (QED) is 0.491. The van der Waals surface area contributed by atoms with Gasteiger partial charge in [-0.05, 0) is 30.3 Å². The van der Waals surface area contributed by atoms with E-state index in [1.54, 1.807) is 12.1 Å². The van der Waals surface area contributed by atoms with Gasteiger partial charge in [-0.1, -0.05) is 13.0 Å². The van der Waals surface area contributed by atoms with E-state index < -0.39 is 4.92 Å². The van der Waals surface area contributed by atoms with Crippen LogP contribution in [0.3, 0.4) is 0 Å². The van der Waals surface area contributed by atoms with Gasteiger partial charge in [-0.15, -0.1) is 5.10 Å². The smallest absolute Gasteiger partial charge is 0.343 e. The lowest BCUT2D eigenvalue weighted by molar-refractivity contribution is -0.386. The number of hydrogen-bond donors (Lipinski definition) is 2. The Labute approximate surface area is 118 Å². The number of rotatable bonds is 5. The molecular formula is C11H13N5O3S. The molecule has 0 bridgehead atoms. The van der Waals surface area contributed by atoms with Crippen molar-refractivity contribution in [1.29, 1.82) is 0 Å². The van der Waals surface area contributed by atoms with Gasteiger partial charge < -0.3 is 5.73 Å². The van der Waals surface area contributed by atoms with Crippen molar-refractivity contribution in [2.75, 3.05) is 5.73 Å². The van der Waals surface area contributed by atoms with Gasteiger partial charge in [0.15, 0.2) is 5.16 Å². The molecule has 2 aromatic rings. The molecule has 0 atom stereocenters. The van der Waals surface area contributed by atoms with Crippen molar-refractivity contribution in [3.63, 3.8) is 0 Å². The molecule has 0 saturated heterocycles. The zero-order valence-electron chi connectivity index (χ0n) is 10.7. The predicted octanol–water partition coefficient (Wildman–Crippen LogP) is 1.62. The SMILES string of the molecule is CCCn1c(Sc2cccc(N)c2[N+](=O)[O-])n[nH]c1=O. The Balaban J connectivity index is 2.43. The normalized spacial score (nSPS) is 10.7. The largest absolute Gasteiger partial charge is 0.393 e. The van der Waals surface area contributed by atoms with E-state index in [4.69, 9.17) is 5.73 Å². The number of para-hydroxylation sites is 1. The number of nitrogen functional groups attached to an aromatic ring is 1. The minimum Gasteiger partial charge on any atom is -0.393 e. The van der Waals surface area contributed by atoms with E-state index in [1.807, 2.05) is 6.92 Å². The zero-order valence-corrected chi connectivity index (χ0v) is 11.5. The first kappa shape index (κ1) is 14.1. The Morgan fingerprint density at radius 1 is 1.55 bits per heavy atom. The van der Waals surface area contributed by atoms with Crippen molar-refractivity contribution in [2.45, 2.75) is 29.9 Å². The summed E-state index contributed by atoms with van der Waals surface area (Å²) in [5.41, 5.74) is 5.21. The van der Waals surface area contributed by atoms with E-state index in [9.17, 15) is 14.9 Å². The number of H-pyrrole nitrogens is 1. The average Bonchev–Trinajstić information content (AvgIpc) is 2.72. The van der Waals surface area contributed by atoms with Crippen molar-refractivity contribution in [2.24, 2.45) is 0 Å². The van der Waals surface area contributed by atoms with Crippen LogP contribution in [0.25, 0.3) is 0 Å². The third-order valence-electron chi connectivity index (χ3n) is 2.58. The molecule has 8 nitrogen and oxygen atoms in total. The van der Waals surface area contributed by atoms with Crippen LogP contribution in [0.2, 0.25) is 0 Å². The summed E-state index contributed by atoms with van der Waals surface area (Å²) in [6, 6.07) is 4.67. The van der Waals surface area contributed by atoms with Gasteiger partial charge in [0.05, 0.1) is 9.82 Å². The Hall–Kier alpha value is -2.29. The fourth-order valence-corrected chi connectivity index (χ4v) is 2.73. The first-order valence-corrected chi connectivity index (χ1v) is 6.72. The molecule has 0 spiro atoms. The van der Waals surface area contributed by atoms with Crippen LogP contribution in [0.4, 0.5) is 11.4 Å². The Bertz CT molecular complexity index is 694. The molecule has 0 fully saturated rings. The standard InChI is InChI=1S/C11H13N5O3S/c1-2-6-15-10(17)13-14-11(15)20-8-5-3-4-7(12)9(8)16(18)19/h3-5H,2,6,12H2,1H3,(H,13,17). The van der Waals surface area contributed by atoms with Gasteiger partial charge in [-0.25, -0.2) is 9.89 Å². The number of nitrogens with zero attached hydrogens (tertiary/aromatic N) is 3. The van der Waals surface area contributed by atoms with Crippen LogP contribution in [0.1, 0.15) is 13.3 Å². The fourth-order valence-electron chi connectivity index (χ4n) is 1.72. The highest BCUT2D eigenvalue weighted by molar-refractivity contribution is 7.99. The fraction of sp³-hybridized carbons (Fsp3) is 0.273. The predicted molar refractivity (Wildman–Crippen MR) is 74.8 cm³/mol. The van der Waals surface area contributed by atoms with Crippen LogP contribution in [-0.4, -0.2) is 19.7 Å². The molecular weight excluding hydrogens is 282 g/mol.